The van der Waals surface area contributed by atoms with Gasteiger partial charge in [0.25, 0.3) is 10.0 Å². The molecule has 7 heteroatoms. The van der Waals surface area contributed by atoms with E-state index in [1.165, 1.54) is 11.1 Å². The molecule has 2 aromatic carbocycles. The molecule has 142 valence electrons. The Kier molecular flexibility index (Phi) is 5.58. The zero-order chi connectivity index (χ0) is 19.6. The average molecular weight is 406 g/mol. The van der Waals surface area contributed by atoms with Crippen LogP contribution < -0.4 is 0 Å². The van der Waals surface area contributed by atoms with Gasteiger partial charge in [-0.2, -0.15) is 0 Å². The van der Waals surface area contributed by atoms with Crippen LogP contribution in [0.25, 0.3) is 10.9 Å². The van der Waals surface area contributed by atoms with E-state index in [1.807, 2.05) is 19.1 Å². The van der Waals surface area contributed by atoms with Crippen LogP contribution in [0, 0.1) is 0 Å². The van der Waals surface area contributed by atoms with Crippen molar-refractivity contribution in [3.05, 3.63) is 64.8 Å². The van der Waals surface area contributed by atoms with Crippen LogP contribution in [-0.4, -0.2) is 25.5 Å². The fourth-order valence-electron chi connectivity index (χ4n) is 3.01. The van der Waals surface area contributed by atoms with Crippen molar-refractivity contribution >= 4 is 38.5 Å². The van der Waals surface area contributed by atoms with Crippen molar-refractivity contribution in [1.29, 1.82) is 0 Å². The number of fused-ring (bicyclic) bond motifs is 1. The first-order chi connectivity index (χ1) is 12.9. The van der Waals surface area contributed by atoms with Crippen LogP contribution in [0.4, 0.5) is 0 Å². The topological polar surface area (TPSA) is 65.4 Å². The molecule has 0 bridgehead atoms. The van der Waals surface area contributed by atoms with Gasteiger partial charge in [0.2, 0.25) is 0 Å². The zero-order valence-electron chi connectivity index (χ0n) is 15.1. The quantitative estimate of drug-likeness (QED) is 0.576. The van der Waals surface area contributed by atoms with Crippen molar-refractivity contribution in [2.45, 2.75) is 31.1 Å². The van der Waals surface area contributed by atoms with Gasteiger partial charge in [-0.15, -0.1) is 0 Å². The number of rotatable bonds is 6. The Balaban J connectivity index is 2.15. The number of hydrogen-bond donors (Lipinski definition) is 0. The first kappa shape index (κ1) is 19.5. The average Bonchev–Trinajstić information content (AvgIpc) is 3.04. The Bertz CT molecular complexity index is 1090. The number of hydrogen-bond acceptors (Lipinski definition) is 4. The third-order valence-electron chi connectivity index (χ3n) is 4.47. The van der Waals surface area contributed by atoms with E-state index in [-0.39, 0.29) is 17.7 Å². The predicted molar refractivity (Wildman–Crippen MR) is 106 cm³/mol. The Morgan fingerprint density at radius 3 is 2.44 bits per heavy atom. The van der Waals surface area contributed by atoms with Crippen LogP contribution in [0.2, 0.25) is 5.02 Å². The fourth-order valence-corrected chi connectivity index (χ4v) is 4.76. The highest BCUT2D eigenvalue weighted by Crippen LogP contribution is 2.29. The number of aryl methyl sites for hydroxylation is 2. The summed E-state index contributed by atoms with van der Waals surface area (Å²) in [5, 5.41) is 1.22. The second-order valence-corrected chi connectivity index (χ2v) is 8.41. The lowest BCUT2D eigenvalue weighted by atomic mass is 10.2. The van der Waals surface area contributed by atoms with E-state index in [9.17, 15) is 13.2 Å². The lowest BCUT2D eigenvalue weighted by Crippen LogP contribution is -2.16. The van der Waals surface area contributed by atoms with Crippen LogP contribution in [0.3, 0.4) is 0 Å². The zero-order valence-corrected chi connectivity index (χ0v) is 16.7. The second-order valence-electron chi connectivity index (χ2n) is 6.18. The third-order valence-corrected chi connectivity index (χ3v) is 6.49. The van der Waals surface area contributed by atoms with Crippen molar-refractivity contribution in [3.63, 3.8) is 0 Å². The van der Waals surface area contributed by atoms with Crippen molar-refractivity contribution in [1.82, 2.24) is 3.97 Å². The first-order valence-electron chi connectivity index (χ1n) is 8.58. The Morgan fingerprint density at radius 2 is 1.81 bits per heavy atom. The molecule has 5 nitrogen and oxygen atoms in total. The van der Waals surface area contributed by atoms with Gasteiger partial charge in [0.05, 0.1) is 23.9 Å². The molecule has 3 aromatic rings. The van der Waals surface area contributed by atoms with Gasteiger partial charge < -0.3 is 4.74 Å². The van der Waals surface area contributed by atoms with Crippen molar-refractivity contribution in [3.8, 4) is 0 Å². The molecule has 0 unspecified atom stereocenters. The number of carbonyl (C=O) groups is 1. The third kappa shape index (κ3) is 3.87. The van der Waals surface area contributed by atoms with E-state index >= 15 is 0 Å². The Hall–Kier alpha value is -2.31. The smallest absolute Gasteiger partial charge is 0.305 e. The van der Waals surface area contributed by atoms with Gasteiger partial charge in [0, 0.05) is 16.1 Å². The Morgan fingerprint density at radius 1 is 1.11 bits per heavy atom. The molecular weight excluding hydrogens is 386 g/mol. The van der Waals surface area contributed by atoms with Crippen LogP contribution in [0.15, 0.2) is 53.4 Å². The summed E-state index contributed by atoms with van der Waals surface area (Å²) in [6.45, 7) is 2.01. The molecule has 0 atom stereocenters. The molecule has 0 spiro atoms. The molecule has 0 N–H and O–H groups in total. The lowest BCUT2D eigenvalue weighted by molar-refractivity contribution is -0.140. The van der Waals surface area contributed by atoms with Gasteiger partial charge in [0.1, 0.15) is 0 Å². The normalized spacial score (nSPS) is 11.7. The molecule has 27 heavy (non-hydrogen) atoms. The maximum absolute atomic E-state index is 13.3. The summed E-state index contributed by atoms with van der Waals surface area (Å²) in [5.74, 6) is -0.394. The summed E-state index contributed by atoms with van der Waals surface area (Å²) in [4.78, 5) is 11.8. The van der Waals surface area contributed by atoms with Crippen molar-refractivity contribution in [2.24, 2.45) is 0 Å². The highest BCUT2D eigenvalue weighted by Gasteiger charge is 2.23. The molecule has 0 saturated carbocycles. The molecule has 1 heterocycles. The first-order valence-corrected chi connectivity index (χ1v) is 10.4. The summed E-state index contributed by atoms with van der Waals surface area (Å²) in [6, 6.07) is 13.6. The molecule has 0 fully saturated rings. The van der Waals surface area contributed by atoms with Gasteiger partial charge >= 0.3 is 5.97 Å². The number of aromatic nitrogens is 1. The maximum atomic E-state index is 13.3. The maximum Gasteiger partial charge on any atom is 0.305 e. The highest BCUT2D eigenvalue weighted by molar-refractivity contribution is 7.90. The molecule has 0 amide bonds. The van der Waals surface area contributed by atoms with Crippen molar-refractivity contribution in [2.75, 3.05) is 7.11 Å². The molecule has 0 aliphatic carbocycles. The predicted octanol–water partition coefficient (Wildman–Crippen LogP) is 4.20. The van der Waals surface area contributed by atoms with E-state index < -0.39 is 16.0 Å². The summed E-state index contributed by atoms with van der Waals surface area (Å²) >= 11 is 6.06. The number of nitrogens with zero attached hydrogens (tertiary/aromatic N) is 1. The highest BCUT2D eigenvalue weighted by atomic mass is 35.5. The van der Waals surface area contributed by atoms with Gasteiger partial charge in [-0.3, -0.25) is 4.79 Å². The van der Waals surface area contributed by atoms with E-state index in [0.717, 1.165) is 12.0 Å². The van der Waals surface area contributed by atoms with Crippen molar-refractivity contribution < 1.29 is 17.9 Å². The fraction of sp³-hybridized carbons (Fsp3) is 0.250. The monoisotopic (exact) mass is 405 g/mol. The van der Waals surface area contributed by atoms with E-state index in [4.69, 9.17) is 11.6 Å². The largest absolute Gasteiger partial charge is 0.469 e. The number of halogens is 1. The van der Waals surface area contributed by atoms with Gasteiger partial charge in [-0.25, -0.2) is 12.4 Å². The SMILES string of the molecule is CCc1ccc(S(=O)(=O)n2c(CCC(=O)OC)cc3cc(Cl)ccc32)cc1. The van der Waals surface area contributed by atoms with Crippen LogP contribution in [0.5, 0.6) is 0 Å². The van der Waals surface area contributed by atoms with E-state index in [1.54, 1.807) is 36.4 Å². The standard InChI is InChI=1S/C20H20ClNO4S/c1-3-14-4-8-18(9-5-14)27(24,25)22-17(7-11-20(23)26-2)13-15-12-16(21)6-10-19(15)22/h4-6,8-10,12-13H,3,7,11H2,1-2H3. The summed E-state index contributed by atoms with van der Waals surface area (Å²) in [6.07, 6.45) is 1.16. The molecule has 3 rings (SSSR count). The molecule has 0 saturated heterocycles. The van der Waals surface area contributed by atoms with Gasteiger partial charge in [-0.1, -0.05) is 30.7 Å². The number of benzene rings is 2. The van der Waals surface area contributed by atoms with E-state index in [0.29, 0.717) is 21.6 Å². The number of esters is 1. The number of ether oxygens (including phenoxy) is 1. The minimum Gasteiger partial charge on any atom is -0.469 e. The molecule has 1 aromatic heterocycles. The minimum absolute atomic E-state index is 0.0881. The molecule has 0 aliphatic heterocycles. The molecule has 0 aliphatic rings. The number of carbonyl (C=O) groups excluding carboxylic acids is 1. The Labute approximate surface area is 163 Å². The van der Waals surface area contributed by atoms with Crippen LogP contribution in [0.1, 0.15) is 24.6 Å². The van der Waals surface area contributed by atoms with E-state index in [2.05, 4.69) is 4.74 Å². The number of methoxy groups -OCH3 is 1. The van der Waals surface area contributed by atoms with Gasteiger partial charge in [0.15, 0.2) is 0 Å². The second kappa shape index (κ2) is 7.74. The molecule has 0 radical (unpaired) electrons. The summed E-state index contributed by atoms with van der Waals surface area (Å²) in [7, 11) is -2.51. The lowest BCUT2D eigenvalue weighted by Gasteiger charge is -2.12. The molecular formula is C20H20ClNO4S. The van der Waals surface area contributed by atoms with Crippen LogP contribution >= 0.6 is 11.6 Å². The van der Waals surface area contributed by atoms with Crippen LogP contribution in [-0.2, 0) is 32.4 Å². The minimum atomic E-state index is -3.82. The summed E-state index contributed by atoms with van der Waals surface area (Å²) < 4.78 is 32.7. The van der Waals surface area contributed by atoms with Gasteiger partial charge in [-0.05, 0) is 54.8 Å². The summed E-state index contributed by atoms with van der Waals surface area (Å²) in [5.41, 5.74) is 2.10.